The van der Waals surface area contributed by atoms with Crippen LogP contribution >= 0.6 is 0 Å². The van der Waals surface area contributed by atoms with Gasteiger partial charge < -0.3 is 14.7 Å². The molecule has 2 fully saturated rings. The van der Waals surface area contributed by atoms with Crippen molar-refractivity contribution < 1.29 is 9.84 Å². The molecule has 1 saturated carbocycles. The third-order valence-electron chi connectivity index (χ3n) is 5.45. The van der Waals surface area contributed by atoms with Crippen LogP contribution in [0.15, 0.2) is 30.9 Å². The van der Waals surface area contributed by atoms with Gasteiger partial charge in [0.2, 0.25) is 0 Å². The Morgan fingerprint density at radius 2 is 2.00 bits per heavy atom. The summed E-state index contributed by atoms with van der Waals surface area (Å²) < 4.78 is 5.63. The smallest absolute Gasteiger partial charge is 0.128 e. The highest BCUT2D eigenvalue weighted by Crippen LogP contribution is 2.56. The number of aromatic nitrogens is 3. The van der Waals surface area contributed by atoms with Crippen molar-refractivity contribution in [1.29, 1.82) is 0 Å². The zero-order valence-corrected chi connectivity index (χ0v) is 14.7. The first-order valence-electron chi connectivity index (χ1n) is 8.88. The lowest BCUT2D eigenvalue weighted by molar-refractivity contribution is -0.0517. The van der Waals surface area contributed by atoms with E-state index in [-0.39, 0.29) is 5.92 Å². The minimum absolute atomic E-state index is 0.278. The van der Waals surface area contributed by atoms with Gasteiger partial charge in [-0.3, -0.25) is 4.98 Å². The summed E-state index contributed by atoms with van der Waals surface area (Å²) >= 11 is 0. The predicted octanol–water partition coefficient (Wildman–Crippen LogP) is 2.53. The van der Waals surface area contributed by atoms with E-state index in [0.717, 1.165) is 48.8 Å². The second-order valence-electron chi connectivity index (χ2n) is 7.30. The molecule has 0 amide bonds. The maximum Gasteiger partial charge on any atom is 0.128 e. The summed E-state index contributed by atoms with van der Waals surface area (Å²) in [5, 5.41) is 10.8. The van der Waals surface area contributed by atoms with E-state index in [2.05, 4.69) is 19.9 Å². The molecule has 2 aromatic rings. The molecule has 1 atom stereocenters. The average molecular weight is 340 g/mol. The summed E-state index contributed by atoms with van der Waals surface area (Å²) in [4.78, 5) is 15.0. The van der Waals surface area contributed by atoms with Crippen LogP contribution in [0.3, 0.4) is 0 Å². The van der Waals surface area contributed by atoms with Crippen molar-refractivity contribution in [2.24, 2.45) is 11.3 Å². The van der Waals surface area contributed by atoms with E-state index in [9.17, 15) is 5.11 Å². The number of anilines is 1. The van der Waals surface area contributed by atoms with Crippen LogP contribution in [0.1, 0.15) is 37.3 Å². The van der Waals surface area contributed by atoms with Gasteiger partial charge in [0.1, 0.15) is 11.6 Å². The first kappa shape index (κ1) is 16.3. The SMILES string of the molecule is CCOc1ccncc1C(O)C1CC2(C1)CN(c1cnc(C)nc1)C2. The Morgan fingerprint density at radius 3 is 2.68 bits per heavy atom. The summed E-state index contributed by atoms with van der Waals surface area (Å²) in [5.74, 6) is 1.82. The number of hydrogen-bond donors (Lipinski definition) is 1. The van der Waals surface area contributed by atoms with Crippen LogP contribution in [-0.4, -0.2) is 39.8 Å². The average Bonchev–Trinajstić information content (AvgIpc) is 2.54. The summed E-state index contributed by atoms with van der Waals surface area (Å²) in [7, 11) is 0. The number of aryl methyl sites for hydroxylation is 1. The van der Waals surface area contributed by atoms with Gasteiger partial charge in [0.05, 0.1) is 30.8 Å². The molecule has 3 heterocycles. The lowest BCUT2D eigenvalue weighted by Gasteiger charge is -2.60. The topological polar surface area (TPSA) is 71.4 Å². The fourth-order valence-corrected chi connectivity index (χ4v) is 4.19. The molecule has 0 radical (unpaired) electrons. The van der Waals surface area contributed by atoms with Crippen LogP contribution in [0.25, 0.3) is 0 Å². The van der Waals surface area contributed by atoms with E-state index in [0.29, 0.717) is 12.0 Å². The number of pyridine rings is 1. The third-order valence-corrected chi connectivity index (χ3v) is 5.45. The zero-order chi connectivity index (χ0) is 17.4. The van der Waals surface area contributed by atoms with Crippen LogP contribution in [0.2, 0.25) is 0 Å². The van der Waals surface area contributed by atoms with Crippen molar-refractivity contribution in [1.82, 2.24) is 15.0 Å². The van der Waals surface area contributed by atoms with Crippen LogP contribution in [-0.2, 0) is 0 Å². The van der Waals surface area contributed by atoms with E-state index >= 15 is 0 Å². The molecule has 0 bridgehead atoms. The van der Waals surface area contributed by atoms with Gasteiger partial charge in [-0.15, -0.1) is 0 Å². The number of nitrogens with zero attached hydrogens (tertiary/aromatic N) is 4. The van der Waals surface area contributed by atoms with Crippen molar-refractivity contribution in [3.05, 3.63) is 42.2 Å². The Bertz CT molecular complexity index is 735. The maximum absolute atomic E-state index is 10.8. The second-order valence-corrected chi connectivity index (χ2v) is 7.30. The zero-order valence-electron chi connectivity index (χ0n) is 14.7. The van der Waals surface area contributed by atoms with Crippen molar-refractivity contribution in [3.63, 3.8) is 0 Å². The molecule has 1 N–H and O–H groups in total. The number of rotatable bonds is 5. The first-order valence-corrected chi connectivity index (χ1v) is 8.88. The van der Waals surface area contributed by atoms with E-state index in [1.165, 1.54) is 0 Å². The fourth-order valence-electron chi connectivity index (χ4n) is 4.19. The van der Waals surface area contributed by atoms with E-state index in [1.807, 2.05) is 32.3 Å². The minimum atomic E-state index is -0.502. The van der Waals surface area contributed by atoms with Crippen molar-refractivity contribution in [2.45, 2.75) is 32.8 Å². The molecule has 2 aliphatic rings. The van der Waals surface area contributed by atoms with Gasteiger partial charge >= 0.3 is 0 Å². The van der Waals surface area contributed by atoms with Gasteiger partial charge in [-0.05, 0) is 38.7 Å². The van der Waals surface area contributed by atoms with E-state index < -0.39 is 6.10 Å². The molecule has 1 aliphatic carbocycles. The van der Waals surface area contributed by atoms with Crippen molar-refractivity contribution in [3.8, 4) is 5.75 Å². The molecular formula is C19H24N4O2. The number of hydrogen-bond acceptors (Lipinski definition) is 6. The van der Waals surface area contributed by atoms with Gasteiger partial charge in [-0.2, -0.15) is 0 Å². The van der Waals surface area contributed by atoms with Gasteiger partial charge in [0, 0.05) is 36.5 Å². The molecule has 0 aromatic carbocycles. The minimum Gasteiger partial charge on any atom is -0.493 e. The summed E-state index contributed by atoms with van der Waals surface area (Å²) in [5.41, 5.74) is 2.24. The molecular weight excluding hydrogens is 316 g/mol. The quantitative estimate of drug-likeness (QED) is 0.902. The largest absolute Gasteiger partial charge is 0.493 e. The van der Waals surface area contributed by atoms with Gasteiger partial charge in [0.15, 0.2) is 0 Å². The summed E-state index contributed by atoms with van der Waals surface area (Å²) in [6.45, 7) is 6.48. The monoisotopic (exact) mass is 340 g/mol. The highest BCUT2D eigenvalue weighted by molar-refractivity contribution is 5.47. The lowest BCUT2D eigenvalue weighted by Crippen LogP contribution is -2.63. The molecule has 4 rings (SSSR count). The van der Waals surface area contributed by atoms with Crippen molar-refractivity contribution in [2.75, 3.05) is 24.6 Å². The first-order chi connectivity index (χ1) is 12.1. The number of aliphatic hydroxyl groups excluding tert-OH is 1. The molecule has 6 heteroatoms. The molecule has 1 saturated heterocycles. The lowest BCUT2D eigenvalue weighted by atomic mass is 9.56. The normalized spacial score (nSPS) is 20.0. The van der Waals surface area contributed by atoms with Gasteiger partial charge in [-0.1, -0.05) is 0 Å². The number of aliphatic hydroxyl groups is 1. The highest BCUT2D eigenvalue weighted by Gasteiger charge is 2.54. The van der Waals surface area contributed by atoms with E-state index in [4.69, 9.17) is 4.74 Å². The molecule has 1 aliphatic heterocycles. The third kappa shape index (κ3) is 2.95. The Labute approximate surface area is 147 Å². The van der Waals surface area contributed by atoms with Crippen molar-refractivity contribution >= 4 is 5.69 Å². The molecule has 2 aromatic heterocycles. The molecule has 132 valence electrons. The van der Waals surface area contributed by atoms with Crippen LogP contribution in [0.5, 0.6) is 5.75 Å². The predicted molar refractivity (Wildman–Crippen MR) is 94.5 cm³/mol. The van der Waals surface area contributed by atoms with E-state index in [1.54, 1.807) is 12.4 Å². The standard InChI is InChI=1S/C19H24N4O2/c1-3-25-17-4-5-20-10-16(17)18(24)14-6-19(7-14)11-23(12-19)15-8-21-13(2)22-9-15/h4-5,8-10,14,18,24H,3,6-7,11-12H2,1-2H3. The summed E-state index contributed by atoms with van der Waals surface area (Å²) in [6, 6.07) is 1.83. The molecule has 1 unspecified atom stereocenters. The maximum atomic E-state index is 10.8. The van der Waals surface area contributed by atoms with Crippen LogP contribution in [0.4, 0.5) is 5.69 Å². The van der Waals surface area contributed by atoms with Crippen LogP contribution < -0.4 is 9.64 Å². The van der Waals surface area contributed by atoms with Gasteiger partial charge in [0.25, 0.3) is 0 Å². The Balaban J connectivity index is 1.36. The van der Waals surface area contributed by atoms with Gasteiger partial charge in [-0.25, -0.2) is 9.97 Å². The van der Waals surface area contributed by atoms with Crippen LogP contribution in [0, 0.1) is 18.3 Å². The second kappa shape index (κ2) is 6.26. The molecule has 6 nitrogen and oxygen atoms in total. The number of ether oxygens (including phenoxy) is 1. The molecule has 25 heavy (non-hydrogen) atoms. The Kier molecular flexibility index (Phi) is 4.07. The summed E-state index contributed by atoms with van der Waals surface area (Å²) in [6.07, 6.45) is 8.80. The highest BCUT2D eigenvalue weighted by atomic mass is 16.5. The fraction of sp³-hybridized carbons (Fsp3) is 0.526. The Hall–Kier alpha value is -2.21. The molecule has 1 spiro atoms. The Morgan fingerprint density at radius 1 is 1.28 bits per heavy atom.